The molecule has 0 radical (unpaired) electrons. The average Bonchev–Trinajstić information content (AvgIpc) is 1.88. The van der Waals surface area contributed by atoms with Crippen molar-refractivity contribution >= 4 is 40.4 Å². The summed E-state index contributed by atoms with van der Waals surface area (Å²) < 4.78 is 0. The minimum atomic E-state index is -0.727. The van der Waals surface area contributed by atoms with Gasteiger partial charge in [0.15, 0.2) is 16.4 Å². The summed E-state index contributed by atoms with van der Waals surface area (Å²) in [6.45, 7) is 0. The highest BCUT2D eigenvalue weighted by Crippen LogP contribution is 2.08. The molecule has 1 atom stereocenters. The largest absolute Gasteiger partial charge is 0.410 e. The van der Waals surface area contributed by atoms with Gasteiger partial charge < -0.3 is 5.21 Å². The molecule has 6 heteroatoms. The summed E-state index contributed by atoms with van der Waals surface area (Å²) in [6.07, 6.45) is 1.22. The predicted octanol–water partition coefficient (Wildman–Crippen LogP) is 1.06. The minimum absolute atomic E-state index is 0.0671. The maximum atomic E-state index is 8.30. The highest BCUT2D eigenvalue weighted by molar-refractivity contribution is 6.86. The zero-order chi connectivity index (χ0) is 7.56. The van der Waals surface area contributed by atoms with Gasteiger partial charge in [0.1, 0.15) is 6.34 Å². The van der Waals surface area contributed by atoms with Crippen molar-refractivity contribution < 1.29 is 5.21 Å². The van der Waals surface area contributed by atoms with Crippen LogP contribution in [0.15, 0.2) is 15.1 Å². The average molecular weight is 180 g/mol. The van der Waals surface area contributed by atoms with E-state index in [1.807, 2.05) is 0 Å². The molecule has 4 nitrogen and oxygen atoms in total. The second-order valence-electron chi connectivity index (χ2n) is 1.51. The molecule has 1 N–H and O–H groups in total. The van der Waals surface area contributed by atoms with Gasteiger partial charge in [0.25, 0.3) is 0 Å². The monoisotopic (exact) mass is 179 g/mol. The van der Waals surface area contributed by atoms with E-state index in [1.54, 1.807) is 0 Å². The molecule has 1 rings (SSSR count). The minimum Gasteiger partial charge on any atom is -0.410 e. The first-order valence-corrected chi connectivity index (χ1v) is 3.18. The first kappa shape index (κ1) is 7.50. The lowest BCUT2D eigenvalue weighted by molar-refractivity contribution is 0.319. The zero-order valence-electron chi connectivity index (χ0n) is 4.70. The van der Waals surface area contributed by atoms with Crippen molar-refractivity contribution in [3.05, 3.63) is 0 Å². The van der Waals surface area contributed by atoms with Crippen LogP contribution in [0.5, 0.6) is 0 Å². The standard InChI is InChI=1S/C4H3Cl2N3O/c5-3-2(9-10)4(6)8-1-7-3/h1,3,10H/b9-2+/t3-/m1/s1. The molecule has 0 aromatic rings. The molecular weight excluding hydrogens is 177 g/mol. The van der Waals surface area contributed by atoms with Crippen LogP contribution in [0.1, 0.15) is 0 Å². The van der Waals surface area contributed by atoms with Crippen LogP contribution in [0.4, 0.5) is 0 Å². The number of rotatable bonds is 0. The third-order valence-electron chi connectivity index (χ3n) is 0.913. The summed E-state index contributed by atoms with van der Waals surface area (Å²) in [5, 5.41) is 11.2. The fourth-order valence-corrected chi connectivity index (χ4v) is 0.904. The lowest BCUT2D eigenvalue weighted by atomic mass is 10.4. The van der Waals surface area contributed by atoms with Crippen LogP contribution < -0.4 is 0 Å². The van der Waals surface area contributed by atoms with E-state index in [-0.39, 0.29) is 10.9 Å². The number of hydrogen-bond acceptors (Lipinski definition) is 4. The maximum Gasteiger partial charge on any atom is 0.173 e. The van der Waals surface area contributed by atoms with Crippen LogP contribution >= 0.6 is 23.2 Å². The van der Waals surface area contributed by atoms with Gasteiger partial charge in [0.05, 0.1) is 0 Å². The van der Waals surface area contributed by atoms with E-state index >= 15 is 0 Å². The third-order valence-corrected chi connectivity index (χ3v) is 1.52. The van der Waals surface area contributed by atoms with Gasteiger partial charge in [-0.3, -0.25) is 0 Å². The van der Waals surface area contributed by atoms with Crippen LogP contribution in [0, 0.1) is 0 Å². The van der Waals surface area contributed by atoms with Crippen LogP contribution in [-0.2, 0) is 0 Å². The normalized spacial score (nSPS) is 28.8. The molecular formula is C4H3Cl2N3O. The van der Waals surface area contributed by atoms with E-state index < -0.39 is 5.50 Å². The van der Waals surface area contributed by atoms with E-state index in [4.69, 9.17) is 28.4 Å². The number of halogens is 2. The lowest BCUT2D eigenvalue weighted by Gasteiger charge is -2.06. The molecule has 0 aromatic carbocycles. The Kier molecular flexibility index (Phi) is 2.24. The van der Waals surface area contributed by atoms with Crippen LogP contribution in [0.3, 0.4) is 0 Å². The Balaban J connectivity index is 2.93. The number of hydrogen-bond donors (Lipinski definition) is 1. The van der Waals surface area contributed by atoms with E-state index in [1.165, 1.54) is 6.34 Å². The summed E-state index contributed by atoms with van der Waals surface area (Å²) >= 11 is 11.0. The Labute approximate surface area is 66.9 Å². The Bertz CT molecular complexity index is 223. The van der Waals surface area contributed by atoms with E-state index in [0.717, 1.165) is 0 Å². The molecule has 0 spiro atoms. The quantitative estimate of drug-likeness (QED) is 0.257. The van der Waals surface area contributed by atoms with Crippen molar-refractivity contribution in [3.63, 3.8) is 0 Å². The number of aliphatic imine (C=N–C) groups is 2. The first-order chi connectivity index (χ1) is 4.75. The molecule has 10 heavy (non-hydrogen) atoms. The van der Waals surface area contributed by atoms with Crippen molar-refractivity contribution in [1.82, 2.24) is 0 Å². The molecule has 54 valence electrons. The van der Waals surface area contributed by atoms with Crippen molar-refractivity contribution in [2.24, 2.45) is 15.1 Å². The fourth-order valence-electron chi connectivity index (χ4n) is 0.466. The van der Waals surface area contributed by atoms with Gasteiger partial charge >= 0.3 is 0 Å². The summed E-state index contributed by atoms with van der Waals surface area (Å²) in [6, 6.07) is 0. The Morgan fingerprint density at radius 3 is 2.80 bits per heavy atom. The molecule has 1 heterocycles. The first-order valence-electron chi connectivity index (χ1n) is 2.37. The molecule has 0 aliphatic carbocycles. The van der Waals surface area contributed by atoms with E-state index in [2.05, 4.69) is 15.1 Å². The molecule has 0 saturated carbocycles. The van der Waals surface area contributed by atoms with Gasteiger partial charge in [-0.25, -0.2) is 9.98 Å². The van der Waals surface area contributed by atoms with Gasteiger partial charge in [-0.15, -0.1) is 0 Å². The molecule has 0 fully saturated rings. The second kappa shape index (κ2) is 2.98. The molecule has 0 bridgehead atoms. The van der Waals surface area contributed by atoms with Gasteiger partial charge in [-0.2, -0.15) is 0 Å². The second-order valence-corrected chi connectivity index (χ2v) is 2.28. The summed E-state index contributed by atoms with van der Waals surface area (Å²) in [5.74, 6) is 0. The van der Waals surface area contributed by atoms with Gasteiger partial charge in [0, 0.05) is 0 Å². The lowest BCUT2D eigenvalue weighted by Crippen LogP contribution is -2.22. The fraction of sp³-hybridized carbons (Fsp3) is 0.250. The summed E-state index contributed by atoms with van der Waals surface area (Å²) in [4.78, 5) is 7.16. The Hall–Kier alpha value is -0.610. The molecule has 1 aliphatic rings. The number of nitrogens with zero attached hydrogens (tertiary/aromatic N) is 3. The summed E-state index contributed by atoms with van der Waals surface area (Å²) in [5.41, 5.74) is -0.652. The molecule has 0 saturated heterocycles. The van der Waals surface area contributed by atoms with Crippen molar-refractivity contribution in [1.29, 1.82) is 0 Å². The van der Waals surface area contributed by atoms with E-state index in [0.29, 0.717) is 0 Å². The van der Waals surface area contributed by atoms with Crippen molar-refractivity contribution in [2.75, 3.05) is 0 Å². The Morgan fingerprint density at radius 1 is 1.70 bits per heavy atom. The number of oxime groups is 1. The SMILES string of the molecule is O/N=C1/C(Cl)=NC=N[C@H]1Cl. The van der Waals surface area contributed by atoms with Gasteiger partial charge in [0.2, 0.25) is 0 Å². The van der Waals surface area contributed by atoms with Crippen LogP contribution in [0.25, 0.3) is 0 Å². The van der Waals surface area contributed by atoms with Gasteiger partial charge in [-0.05, 0) is 0 Å². The Morgan fingerprint density at radius 2 is 2.40 bits per heavy atom. The molecule has 0 unspecified atom stereocenters. The molecule has 0 amide bonds. The van der Waals surface area contributed by atoms with E-state index in [9.17, 15) is 0 Å². The van der Waals surface area contributed by atoms with Gasteiger partial charge in [-0.1, -0.05) is 28.4 Å². The molecule has 1 aliphatic heterocycles. The van der Waals surface area contributed by atoms with Crippen molar-refractivity contribution in [2.45, 2.75) is 5.50 Å². The van der Waals surface area contributed by atoms with Crippen molar-refractivity contribution in [3.8, 4) is 0 Å². The summed E-state index contributed by atoms with van der Waals surface area (Å²) in [7, 11) is 0. The van der Waals surface area contributed by atoms with Crippen LogP contribution in [0.2, 0.25) is 0 Å². The topological polar surface area (TPSA) is 57.3 Å². The highest BCUT2D eigenvalue weighted by Gasteiger charge is 2.19. The maximum absolute atomic E-state index is 8.30. The highest BCUT2D eigenvalue weighted by atomic mass is 35.5. The zero-order valence-corrected chi connectivity index (χ0v) is 6.21. The molecule has 0 aromatic heterocycles. The number of alkyl halides is 1. The van der Waals surface area contributed by atoms with Crippen LogP contribution in [-0.4, -0.2) is 27.9 Å². The third kappa shape index (κ3) is 1.27. The smallest absolute Gasteiger partial charge is 0.173 e. The predicted molar refractivity (Wildman–Crippen MR) is 40.6 cm³/mol.